The summed E-state index contributed by atoms with van der Waals surface area (Å²) in [5, 5.41) is 3.42. The van der Waals surface area contributed by atoms with Crippen LogP contribution in [0.3, 0.4) is 0 Å². The van der Waals surface area contributed by atoms with Gasteiger partial charge in [-0.15, -0.1) is 0 Å². The molecule has 0 atom stereocenters. The van der Waals surface area contributed by atoms with E-state index in [1.165, 1.54) is 30.1 Å². The topological polar surface area (TPSA) is 42.3 Å². The number of hydrogen-bond acceptors (Lipinski definition) is 4. The second-order valence-corrected chi connectivity index (χ2v) is 6.13. The van der Waals surface area contributed by atoms with Gasteiger partial charge in [0.05, 0.1) is 18.9 Å². The van der Waals surface area contributed by atoms with Crippen LogP contribution in [0.1, 0.15) is 36.0 Å². The Balaban J connectivity index is 1.61. The molecule has 1 aromatic rings. The van der Waals surface area contributed by atoms with Gasteiger partial charge in [0.2, 0.25) is 0 Å². The standard InChI is InChI=1S/C15H26N4O/c1-18(2)7-9-20-10-8-19-14-5-6-16-11-13(14)17-15(19)12-3-4-12/h12,16H,3-11H2,1-2H3. The van der Waals surface area contributed by atoms with E-state index < -0.39 is 0 Å². The average Bonchev–Trinajstić information content (AvgIpc) is 3.21. The fraction of sp³-hybridized carbons (Fsp3) is 0.800. The first-order valence-electron chi connectivity index (χ1n) is 7.77. The quantitative estimate of drug-likeness (QED) is 0.755. The van der Waals surface area contributed by atoms with Crippen LogP contribution in [0.25, 0.3) is 0 Å². The summed E-state index contributed by atoms with van der Waals surface area (Å²) in [5.74, 6) is 2.03. The minimum Gasteiger partial charge on any atom is -0.378 e. The highest BCUT2D eigenvalue weighted by molar-refractivity contribution is 5.24. The molecule has 0 aromatic carbocycles. The molecule has 0 radical (unpaired) electrons. The predicted octanol–water partition coefficient (Wildman–Crippen LogP) is 0.984. The van der Waals surface area contributed by atoms with Gasteiger partial charge in [0, 0.05) is 44.2 Å². The first-order valence-corrected chi connectivity index (χ1v) is 7.77. The first-order chi connectivity index (χ1) is 9.75. The van der Waals surface area contributed by atoms with Crippen molar-refractivity contribution >= 4 is 0 Å². The zero-order valence-corrected chi connectivity index (χ0v) is 12.7. The molecule has 5 nitrogen and oxygen atoms in total. The van der Waals surface area contributed by atoms with Gasteiger partial charge in [-0.2, -0.15) is 0 Å². The Morgan fingerprint density at radius 2 is 2.20 bits per heavy atom. The third kappa shape index (κ3) is 3.22. The fourth-order valence-electron chi connectivity index (χ4n) is 2.80. The van der Waals surface area contributed by atoms with Crippen LogP contribution in [0.4, 0.5) is 0 Å². The Bertz CT molecular complexity index is 451. The lowest BCUT2D eigenvalue weighted by atomic mass is 10.2. The minimum atomic E-state index is 0.711. The van der Waals surface area contributed by atoms with Crippen LogP contribution in [-0.4, -0.2) is 54.8 Å². The lowest BCUT2D eigenvalue weighted by Gasteiger charge is -2.16. The molecule has 5 heteroatoms. The zero-order chi connectivity index (χ0) is 13.9. The van der Waals surface area contributed by atoms with E-state index in [9.17, 15) is 0 Å². The van der Waals surface area contributed by atoms with Crippen LogP contribution in [-0.2, 0) is 24.2 Å². The number of nitrogens with zero attached hydrogens (tertiary/aromatic N) is 3. The zero-order valence-electron chi connectivity index (χ0n) is 12.7. The summed E-state index contributed by atoms with van der Waals surface area (Å²) >= 11 is 0. The Morgan fingerprint density at radius 3 is 2.95 bits per heavy atom. The third-order valence-corrected chi connectivity index (χ3v) is 4.10. The van der Waals surface area contributed by atoms with Crippen LogP contribution >= 0.6 is 0 Å². The van der Waals surface area contributed by atoms with Crippen molar-refractivity contribution < 1.29 is 4.74 Å². The number of nitrogens with one attached hydrogen (secondary N) is 1. The SMILES string of the molecule is CN(C)CCOCCn1c(C2CC2)nc2c1CCNC2. The van der Waals surface area contributed by atoms with E-state index in [1.807, 2.05) is 0 Å². The van der Waals surface area contributed by atoms with E-state index in [2.05, 4.69) is 28.9 Å². The molecule has 0 saturated heterocycles. The highest BCUT2D eigenvalue weighted by Gasteiger charge is 2.31. The smallest absolute Gasteiger partial charge is 0.112 e. The number of likely N-dealkylation sites (N-methyl/N-ethyl adjacent to an activating group) is 1. The minimum absolute atomic E-state index is 0.711. The Labute approximate surface area is 121 Å². The van der Waals surface area contributed by atoms with Crippen molar-refractivity contribution in [3.05, 3.63) is 17.2 Å². The van der Waals surface area contributed by atoms with Gasteiger partial charge < -0.3 is 19.5 Å². The lowest BCUT2D eigenvalue weighted by molar-refractivity contribution is 0.110. The lowest BCUT2D eigenvalue weighted by Crippen LogP contribution is -2.25. The van der Waals surface area contributed by atoms with E-state index >= 15 is 0 Å². The average molecular weight is 278 g/mol. The van der Waals surface area contributed by atoms with Crippen LogP contribution < -0.4 is 5.32 Å². The fourth-order valence-corrected chi connectivity index (χ4v) is 2.80. The van der Waals surface area contributed by atoms with E-state index in [0.717, 1.165) is 45.8 Å². The van der Waals surface area contributed by atoms with Crippen molar-refractivity contribution in [1.82, 2.24) is 19.8 Å². The molecule has 0 bridgehead atoms. The number of aromatic nitrogens is 2. The van der Waals surface area contributed by atoms with Gasteiger partial charge >= 0.3 is 0 Å². The summed E-state index contributed by atoms with van der Waals surface area (Å²) < 4.78 is 8.21. The molecule has 1 N–H and O–H groups in total. The molecule has 0 spiro atoms. The van der Waals surface area contributed by atoms with E-state index in [0.29, 0.717) is 5.92 Å². The summed E-state index contributed by atoms with van der Waals surface area (Å²) in [6.45, 7) is 5.56. The van der Waals surface area contributed by atoms with Crippen molar-refractivity contribution in [1.29, 1.82) is 0 Å². The second kappa shape index (κ2) is 6.24. The van der Waals surface area contributed by atoms with Crippen molar-refractivity contribution in [3.8, 4) is 0 Å². The molecule has 1 saturated carbocycles. The normalized spacial score (nSPS) is 18.6. The molecule has 1 aliphatic carbocycles. The summed E-state index contributed by atoms with van der Waals surface area (Å²) in [6.07, 6.45) is 3.72. The van der Waals surface area contributed by atoms with E-state index in [-0.39, 0.29) is 0 Å². The molecule has 2 heterocycles. The molecule has 2 aliphatic rings. The van der Waals surface area contributed by atoms with Gasteiger partial charge in [0.15, 0.2) is 0 Å². The van der Waals surface area contributed by atoms with Crippen molar-refractivity contribution in [2.45, 2.75) is 38.3 Å². The molecule has 1 aliphatic heterocycles. The Hall–Kier alpha value is -0.910. The van der Waals surface area contributed by atoms with Crippen LogP contribution in [0.5, 0.6) is 0 Å². The number of imidazole rings is 1. The van der Waals surface area contributed by atoms with Crippen LogP contribution in [0.2, 0.25) is 0 Å². The number of fused-ring (bicyclic) bond motifs is 1. The van der Waals surface area contributed by atoms with Gasteiger partial charge in [-0.05, 0) is 26.9 Å². The molecule has 20 heavy (non-hydrogen) atoms. The maximum Gasteiger partial charge on any atom is 0.112 e. The Morgan fingerprint density at radius 1 is 1.35 bits per heavy atom. The third-order valence-electron chi connectivity index (χ3n) is 4.10. The molecule has 1 aromatic heterocycles. The van der Waals surface area contributed by atoms with Crippen LogP contribution in [0, 0.1) is 0 Å². The van der Waals surface area contributed by atoms with Crippen molar-refractivity contribution in [2.24, 2.45) is 0 Å². The van der Waals surface area contributed by atoms with Crippen molar-refractivity contribution in [3.63, 3.8) is 0 Å². The second-order valence-electron chi connectivity index (χ2n) is 6.13. The largest absolute Gasteiger partial charge is 0.378 e. The van der Waals surface area contributed by atoms with Gasteiger partial charge in [-0.25, -0.2) is 4.98 Å². The summed E-state index contributed by atoms with van der Waals surface area (Å²) in [5.41, 5.74) is 2.72. The monoisotopic (exact) mass is 278 g/mol. The van der Waals surface area contributed by atoms with Crippen molar-refractivity contribution in [2.75, 3.05) is 40.4 Å². The predicted molar refractivity (Wildman–Crippen MR) is 79.0 cm³/mol. The molecule has 3 rings (SSSR count). The van der Waals surface area contributed by atoms with Gasteiger partial charge in [0.25, 0.3) is 0 Å². The molecular formula is C15H26N4O. The number of hydrogen-bond donors (Lipinski definition) is 1. The summed E-state index contributed by atoms with van der Waals surface area (Å²) in [7, 11) is 4.15. The molecule has 112 valence electrons. The Kier molecular flexibility index (Phi) is 4.38. The number of rotatable bonds is 7. The van der Waals surface area contributed by atoms with Gasteiger partial charge in [0.1, 0.15) is 5.82 Å². The molecule has 0 amide bonds. The summed E-state index contributed by atoms with van der Waals surface area (Å²) in [6, 6.07) is 0. The van der Waals surface area contributed by atoms with E-state index in [1.54, 1.807) is 0 Å². The highest BCUT2D eigenvalue weighted by atomic mass is 16.5. The van der Waals surface area contributed by atoms with E-state index in [4.69, 9.17) is 9.72 Å². The van der Waals surface area contributed by atoms with Gasteiger partial charge in [-0.3, -0.25) is 0 Å². The maximum absolute atomic E-state index is 5.76. The molecule has 0 unspecified atom stereocenters. The number of ether oxygens (including phenoxy) is 1. The highest BCUT2D eigenvalue weighted by Crippen LogP contribution is 2.40. The summed E-state index contributed by atoms with van der Waals surface area (Å²) in [4.78, 5) is 7.03. The van der Waals surface area contributed by atoms with Gasteiger partial charge in [-0.1, -0.05) is 0 Å². The molecular weight excluding hydrogens is 252 g/mol. The first kappa shape index (κ1) is 14.0. The molecule has 1 fully saturated rings. The van der Waals surface area contributed by atoms with Crippen LogP contribution in [0.15, 0.2) is 0 Å². The maximum atomic E-state index is 5.76.